The molecule has 0 aliphatic rings. The Morgan fingerprint density at radius 1 is 1.30 bits per heavy atom. The summed E-state index contributed by atoms with van der Waals surface area (Å²) in [4.78, 5) is 0. The third-order valence-corrected chi connectivity index (χ3v) is 1.06. The zero-order chi connectivity index (χ0) is 8.20. The second-order valence-corrected chi connectivity index (χ2v) is 2.98. The van der Waals surface area contributed by atoms with Crippen LogP contribution in [0, 0.1) is 5.41 Å². The second-order valence-electron chi connectivity index (χ2n) is 2.98. The van der Waals surface area contributed by atoms with Gasteiger partial charge in [0.05, 0.1) is 6.21 Å². The van der Waals surface area contributed by atoms with Gasteiger partial charge in [0.25, 0.3) is 0 Å². The number of rotatable bonds is 1. The minimum absolute atomic E-state index is 0.291. The van der Waals surface area contributed by atoms with E-state index >= 15 is 0 Å². The summed E-state index contributed by atoms with van der Waals surface area (Å²) in [7, 11) is 0. The predicted octanol–water partition coefficient (Wildman–Crippen LogP) is 1.32. The minimum atomic E-state index is -0.291. The maximum Gasteiger partial charge on any atom is 0.106 e. The lowest BCUT2D eigenvalue weighted by Crippen LogP contribution is -2.21. The molecule has 10 heavy (non-hydrogen) atoms. The van der Waals surface area contributed by atoms with Crippen molar-refractivity contribution in [2.75, 3.05) is 0 Å². The van der Waals surface area contributed by atoms with E-state index < -0.39 is 0 Å². The molecule has 0 amide bonds. The second kappa shape index (κ2) is 3.20. The van der Waals surface area contributed by atoms with Crippen LogP contribution in [0.1, 0.15) is 20.8 Å². The van der Waals surface area contributed by atoms with Crippen LogP contribution < -0.4 is 0 Å². The van der Waals surface area contributed by atoms with Gasteiger partial charge in [0.1, 0.15) is 5.71 Å². The topological polar surface area (TPSA) is 65.2 Å². The molecule has 0 spiro atoms. The monoisotopic (exact) mass is 144 g/mol. The van der Waals surface area contributed by atoms with Crippen molar-refractivity contribution in [1.82, 2.24) is 0 Å². The van der Waals surface area contributed by atoms with Crippen LogP contribution in [-0.4, -0.2) is 22.3 Å². The van der Waals surface area contributed by atoms with Gasteiger partial charge in [-0.3, -0.25) is 0 Å². The number of nitrogens with zero attached hydrogens (tertiary/aromatic N) is 2. The molecule has 0 fully saturated rings. The van der Waals surface area contributed by atoms with Crippen LogP contribution in [0.15, 0.2) is 10.3 Å². The molecule has 4 heteroatoms. The summed E-state index contributed by atoms with van der Waals surface area (Å²) in [5.74, 6) is 0. The highest BCUT2D eigenvalue weighted by atomic mass is 16.4. The summed E-state index contributed by atoms with van der Waals surface area (Å²) >= 11 is 0. The molecule has 0 unspecified atom stereocenters. The molecule has 0 bridgehead atoms. The normalized spacial score (nSPS) is 14.5. The van der Waals surface area contributed by atoms with Gasteiger partial charge in [0.15, 0.2) is 0 Å². The summed E-state index contributed by atoms with van der Waals surface area (Å²) in [5, 5.41) is 22.2. The third-order valence-electron chi connectivity index (χ3n) is 1.06. The zero-order valence-electron chi connectivity index (χ0n) is 6.37. The summed E-state index contributed by atoms with van der Waals surface area (Å²) < 4.78 is 0. The summed E-state index contributed by atoms with van der Waals surface area (Å²) in [6.45, 7) is 5.55. The highest BCUT2D eigenvalue weighted by Gasteiger charge is 2.17. The van der Waals surface area contributed by atoms with Crippen LogP contribution in [0.3, 0.4) is 0 Å². The zero-order valence-corrected chi connectivity index (χ0v) is 6.37. The van der Waals surface area contributed by atoms with Crippen LogP contribution in [0.4, 0.5) is 0 Å². The molecule has 0 radical (unpaired) electrons. The Hall–Kier alpha value is -1.06. The summed E-state index contributed by atoms with van der Waals surface area (Å²) in [5.41, 5.74) is 0.0519. The van der Waals surface area contributed by atoms with Crippen LogP contribution in [0.2, 0.25) is 0 Å². The SMILES string of the molecule is CC(C)(C)C(C=NO)=NO. The molecule has 0 saturated heterocycles. The van der Waals surface area contributed by atoms with Crippen LogP contribution in [0.5, 0.6) is 0 Å². The van der Waals surface area contributed by atoms with Crippen LogP contribution >= 0.6 is 0 Å². The Morgan fingerprint density at radius 3 is 1.90 bits per heavy atom. The van der Waals surface area contributed by atoms with E-state index in [0.717, 1.165) is 6.21 Å². The van der Waals surface area contributed by atoms with E-state index in [2.05, 4.69) is 10.3 Å². The Balaban J connectivity index is 4.39. The highest BCUT2D eigenvalue weighted by Crippen LogP contribution is 2.14. The fourth-order valence-corrected chi connectivity index (χ4v) is 0.424. The van der Waals surface area contributed by atoms with Crippen molar-refractivity contribution in [3.8, 4) is 0 Å². The molecule has 0 aliphatic carbocycles. The van der Waals surface area contributed by atoms with E-state index in [1.165, 1.54) is 0 Å². The van der Waals surface area contributed by atoms with E-state index in [1.54, 1.807) is 0 Å². The number of hydrogen-bond acceptors (Lipinski definition) is 4. The van der Waals surface area contributed by atoms with Crippen molar-refractivity contribution in [1.29, 1.82) is 0 Å². The molecule has 0 aliphatic heterocycles. The van der Waals surface area contributed by atoms with Crippen molar-refractivity contribution in [3.05, 3.63) is 0 Å². The third kappa shape index (κ3) is 2.48. The Labute approximate surface area is 59.9 Å². The van der Waals surface area contributed by atoms with Gasteiger partial charge < -0.3 is 10.4 Å². The smallest absolute Gasteiger partial charge is 0.106 e. The van der Waals surface area contributed by atoms with Crippen molar-refractivity contribution in [2.24, 2.45) is 15.7 Å². The van der Waals surface area contributed by atoms with Gasteiger partial charge >= 0.3 is 0 Å². The average molecular weight is 144 g/mol. The van der Waals surface area contributed by atoms with Gasteiger partial charge in [-0.25, -0.2) is 0 Å². The molecule has 0 saturated carbocycles. The minimum Gasteiger partial charge on any atom is -0.411 e. The number of oxime groups is 2. The van der Waals surface area contributed by atoms with E-state index in [4.69, 9.17) is 10.4 Å². The molecular formula is C6H12N2O2. The molecule has 0 aromatic carbocycles. The van der Waals surface area contributed by atoms with Crippen molar-refractivity contribution < 1.29 is 10.4 Å². The van der Waals surface area contributed by atoms with Gasteiger partial charge in [0, 0.05) is 5.41 Å². The first-order valence-corrected chi connectivity index (χ1v) is 2.92. The molecule has 4 nitrogen and oxygen atoms in total. The molecule has 0 atom stereocenters. The molecular weight excluding hydrogens is 132 g/mol. The Kier molecular flexibility index (Phi) is 2.86. The van der Waals surface area contributed by atoms with Crippen molar-refractivity contribution in [2.45, 2.75) is 20.8 Å². The lowest BCUT2D eigenvalue weighted by molar-refractivity contribution is 0.309. The molecule has 2 N–H and O–H groups in total. The molecule has 58 valence electrons. The molecule has 0 heterocycles. The number of hydrogen-bond donors (Lipinski definition) is 2. The van der Waals surface area contributed by atoms with Crippen molar-refractivity contribution >= 4 is 11.9 Å². The molecule has 0 aromatic heterocycles. The van der Waals surface area contributed by atoms with Gasteiger partial charge in [0.2, 0.25) is 0 Å². The molecule has 0 aromatic rings. The fourth-order valence-electron chi connectivity index (χ4n) is 0.424. The van der Waals surface area contributed by atoms with E-state index in [1.807, 2.05) is 20.8 Å². The van der Waals surface area contributed by atoms with E-state index in [-0.39, 0.29) is 5.41 Å². The molecule has 0 rings (SSSR count). The van der Waals surface area contributed by atoms with Gasteiger partial charge in [-0.2, -0.15) is 0 Å². The lowest BCUT2D eigenvalue weighted by atomic mass is 9.91. The maximum atomic E-state index is 8.38. The van der Waals surface area contributed by atoms with Crippen molar-refractivity contribution in [3.63, 3.8) is 0 Å². The summed E-state index contributed by atoms with van der Waals surface area (Å²) in [6.07, 6.45) is 1.11. The first-order chi connectivity index (χ1) is 4.52. The van der Waals surface area contributed by atoms with E-state index in [9.17, 15) is 0 Å². The lowest BCUT2D eigenvalue weighted by Gasteiger charge is -2.14. The predicted molar refractivity (Wildman–Crippen MR) is 39.0 cm³/mol. The average Bonchev–Trinajstić information content (AvgIpc) is 1.80. The van der Waals surface area contributed by atoms with Gasteiger partial charge in [-0.1, -0.05) is 31.1 Å². The van der Waals surface area contributed by atoms with Crippen LogP contribution in [0.25, 0.3) is 0 Å². The quantitative estimate of drug-likeness (QED) is 0.331. The Bertz CT molecular complexity index is 156. The maximum absolute atomic E-state index is 8.38. The first-order valence-electron chi connectivity index (χ1n) is 2.92. The standard InChI is InChI=1S/C6H12N2O2/c1-6(2,3)5(8-10)4-7-9/h4,9-10H,1-3H3. The van der Waals surface area contributed by atoms with Crippen LogP contribution in [-0.2, 0) is 0 Å². The summed E-state index contributed by atoms with van der Waals surface area (Å²) in [6, 6.07) is 0. The fraction of sp³-hybridized carbons (Fsp3) is 0.667. The van der Waals surface area contributed by atoms with Gasteiger partial charge in [-0.15, -0.1) is 0 Å². The largest absolute Gasteiger partial charge is 0.411 e. The highest BCUT2D eigenvalue weighted by molar-refractivity contribution is 6.32. The van der Waals surface area contributed by atoms with E-state index in [0.29, 0.717) is 5.71 Å². The Morgan fingerprint density at radius 2 is 1.80 bits per heavy atom. The first kappa shape index (κ1) is 8.94. The van der Waals surface area contributed by atoms with Gasteiger partial charge in [-0.05, 0) is 0 Å².